The van der Waals surface area contributed by atoms with Gasteiger partial charge in [-0.15, -0.1) is 19.0 Å². The van der Waals surface area contributed by atoms with Crippen molar-refractivity contribution in [1.29, 1.82) is 0 Å². The lowest BCUT2D eigenvalue weighted by Gasteiger charge is -2.13. The summed E-state index contributed by atoms with van der Waals surface area (Å²) in [5.74, 6) is -1.42. The topological polar surface area (TPSA) is 35.2 Å². The largest absolute Gasteiger partial charge is 0.494 e. The van der Waals surface area contributed by atoms with E-state index in [9.17, 15) is 8.78 Å². The first-order chi connectivity index (χ1) is 7.11. The smallest absolute Gasteiger partial charge is 0.172 e. The molecule has 1 atom stereocenters. The van der Waals surface area contributed by atoms with Crippen molar-refractivity contribution >= 4 is 12.4 Å². The number of rotatable bonds is 4. The molecule has 0 bridgehead atoms. The highest BCUT2D eigenvalue weighted by atomic mass is 35.5. The third-order valence-corrected chi connectivity index (χ3v) is 2.10. The summed E-state index contributed by atoms with van der Waals surface area (Å²) in [6, 6.07) is 1.63. The number of nitrogens with two attached hydrogens (primary N) is 1. The summed E-state index contributed by atoms with van der Waals surface area (Å²) >= 11 is 0. The molecule has 0 radical (unpaired) electrons. The van der Waals surface area contributed by atoms with Crippen LogP contribution in [0.25, 0.3) is 0 Å². The van der Waals surface area contributed by atoms with E-state index in [-0.39, 0.29) is 23.7 Å². The Morgan fingerprint density at radius 1 is 1.50 bits per heavy atom. The molecule has 0 heterocycles. The molecule has 0 fully saturated rings. The first-order valence-electron chi connectivity index (χ1n) is 4.50. The Labute approximate surface area is 99.5 Å². The Bertz CT molecular complexity index is 371. The van der Waals surface area contributed by atoms with Gasteiger partial charge in [-0.3, -0.25) is 0 Å². The van der Waals surface area contributed by atoms with Gasteiger partial charge in [-0.1, -0.05) is 6.08 Å². The van der Waals surface area contributed by atoms with Crippen LogP contribution in [0.3, 0.4) is 0 Å². The number of hydrogen-bond acceptors (Lipinski definition) is 2. The van der Waals surface area contributed by atoms with Crippen molar-refractivity contribution in [3.8, 4) is 5.75 Å². The summed E-state index contributed by atoms with van der Waals surface area (Å²) in [6.07, 6.45) is 1.82. The van der Waals surface area contributed by atoms with Crippen LogP contribution in [0.2, 0.25) is 0 Å². The summed E-state index contributed by atoms with van der Waals surface area (Å²) in [4.78, 5) is 0. The average Bonchev–Trinajstić information content (AvgIpc) is 2.18. The van der Waals surface area contributed by atoms with Crippen LogP contribution in [0.5, 0.6) is 5.75 Å². The summed E-state index contributed by atoms with van der Waals surface area (Å²) in [6.45, 7) is 3.47. The molecule has 0 aromatic heterocycles. The molecule has 0 saturated heterocycles. The van der Waals surface area contributed by atoms with Crippen LogP contribution >= 0.6 is 12.4 Å². The number of benzene rings is 1. The first-order valence-corrected chi connectivity index (χ1v) is 4.50. The number of hydrogen-bond donors (Lipinski definition) is 1. The Balaban J connectivity index is 0.00000225. The molecule has 0 saturated carbocycles. The second kappa shape index (κ2) is 6.45. The Morgan fingerprint density at radius 2 is 2.12 bits per heavy atom. The molecule has 1 aromatic carbocycles. The maximum Gasteiger partial charge on any atom is 0.172 e. The minimum absolute atomic E-state index is 0. The van der Waals surface area contributed by atoms with E-state index in [4.69, 9.17) is 10.5 Å². The predicted octanol–water partition coefficient (Wildman–Crippen LogP) is 2.97. The van der Waals surface area contributed by atoms with Crippen molar-refractivity contribution in [2.24, 2.45) is 5.73 Å². The third kappa shape index (κ3) is 2.93. The van der Waals surface area contributed by atoms with Crippen LogP contribution in [0.4, 0.5) is 8.78 Å². The lowest BCUT2D eigenvalue weighted by atomic mass is 10.0. The molecular formula is C11H14ClF2NO. The highest BCUT2D eigenvalue weighted by Crippen LogP contribution is 2.28. The first kappa shape index (κ1) is 14.9. The summed E-state index contributed by atoms with van der Waals surface area (Å²) < 4.78 is 31.7. The molecule has 0 aliphatic carbocycles. The monoisotopic (exact) mass is 249 g/mol. The summed E-state index contributed by atoms with van der Waals surface area (Å²) in [5.41, 5.74) is 5.47. The minimum Gasteiger partial charge on any atom is -0.494 e. The van der Waals surface area contributed by atoms with Crippen LogP contribution in [-0.4, -0.2) is 7.11 Å². The summed E-state index contributed by atoms with van der Waals surface area (Å²) in [7, 11) is 1.32. The van der Waals surface area contributed by atoms with E-state index < -0.39 is 17.7 Å². The van der Waals surface area contributed by atoms with Gasteiger partial charge in [0.15, 0.2) is 11.6 Å². The number of halogens is 3. The van der Waals surface area contributed by atoms with Gasteiger partial charge in [0.25, 0.3) is 0 Å². The molecule has 16 heavy (non-hydrogen) atoms. The second-order valence-corrected chi connectivity index (χ2v) is 3.11. The summed E-state index contributed by atoms with van der Waals surface area (Å²) in [5, 5.41) is 0. The third-order valence-electron chi connectivity index (χ3n) is 2.10. The Hall–Kier alpha value is -1.13. The Morgan fingerprint density at radius 3 is 2.62 bits per heavy atom. The van der Waals surface area contributed by atoms with Gasteiger partial charge in [-0.2, -0.15) is 0 Å². The fraction of sp³-hybridized carbons (Fsp3) is 0.273. The van der Waals surface area contributed by atoms with Gasteiger partial charge in [-0.25, -0.2) is 8.78 Å². The van der Waals surface area contributed by atoms with E-state index in [0.717, 1.165) is 6.07 Å². The Kier molecular flexibility index (Phi) is 6.00. The molecule has 2 nitrogen and oxygen atoms in total. The van der Waals surface area contributed by atoms with Gasteiger partial charge in [-0.05, 0) is 18.6 Å². The molecule has 0 unspecified atom stereocenters. The molecule has 0 amide bonds. The van der Waals surface area contributed by atoms with E-state index in [2.05, 4.69) is 6.58 Å². The van der Waals surface area contributed by atoms with Gasteiger partial charge in [0.05, 0.1) is 7.11 Å². The highest BCUT2D eigenvalue weighted by Gasteiger charge is 2.19. The van der Waals surface area contributed by atoms with Crippen molar-refractivity contribution in [3.63, 3.8) is 0 Å². The zero-order chi connectivity index (χ0) is 11.4. The van der Waals surface area contributed by atoms with E-state index in [1.807, 2.05) is 0 Å². The molecular weight excluding hydrogens is 236 g/mol. The van der Waals surface area contributed by atoms with Gasteiger partial charge < -0.3 is 10.5 Å². The number of ether oxygens (including phenoxy) is 1. The molecule has 5 heteroatoms. The maximum absolute atomic E-state index is 13.6. The molecule has 0 spiro atoms. The van der Waals surface area contributed by atoms with Gasteiger partial charge in [0.2, 0.25) is 0 Å². The fourth-order valence-corrected chi connectivity index (χ4v) is 1.34. The van der Waals surface area contributed by atoms with Crippen molar-refractivity contribution in [2.75, 3.05) is 7.11 Å². The van der Waals surface area contributed by atoms with Crippen molar-refractivity contribution in [3.05, 3.63) is 42.0 Å². The van der Waals surface area contributed by atoms with Crippen molar-refractivity contribution in [2.45, 2.75) is 12.5 Å². The molecule has 1 aromatic rings. The number of methoxy groups -OCH3 is 1. The van der Waals surface area contributed by atoms with Gasteiger partial charge in [0, 0.05) is 11.6 Å². The van der Waals surface area contributed by atoms with E-state index >= 15 is 0 Å². The molecule has 90 valence electrons. The second-order valence-electron chi connectivity index (χ2n) is 3.11. The van der Waals surface area contributed by atoms with E-state index in [1.54, 1.807) is 0 Å². The SMILES string of the molecule is C=CC[C@H](N)c1c(F)ccc(OC)c1F.Cl. The fourth-order valence-electron chi connectivity index (χ4n) is 1.34. The average molecular weight is 250 g/mol. The quantitative estimate of drug-likeness (QED) is 0.833. The zero-order valence-electron chi connectivity index (χ0n) is 8.87. The van der Waals surface area contributed by atoms with Crippen LogP contribution in [-0.2, 0) is 0 Å². The molecule has 1 rings (SSSR count). The lowest BCUT2D eigenvalue weighted by molar-refractivity contribution is 0.378. The zero-order valence-corrected chi connectivity index (χ0v) is 9.69. The standard InChI is InChI=1S/C11H13F2NO.ClH/c1-3-4-8(14)10-7(12)5-6-9(15-2)11(10)13;/h3,5-6,8H,1,4,14H2,2H3;1H/t8-;/m0./s1. The van der Waals surface area contributed by atoms with E-state index in [1.165, 1.54) is 19.3 Å². The normalized spacial score (nSPS) is 11.5. The predicted molar refractivity (Wildman–Crippen MR) is 61.9 cm³/mol. The van der Waals surface area contributed by atoms with Crippen LogP contribution in [0.15, 0.2) is 24.8 Å². The maximum atomic E-state index is 13.6. The van der Waals surface area contributed by atoms with Crippen LogP contribution in [0.1, 0.15) is 18.0 Å². The van der Waals surface area contributed by atoms with Gasteiger partial charge >= 0.3 is 0 Å². The van der Waals surface area contributed by atoms with E-state index in [0.29, 0.717) is 6.42 Å². The minimum atomic E-state index is -0.744. The molecule has 0 aliphatic rings. The molecule has 2 N–H and O–H groups in total. The lowest BCUT2D eigenvalue weighted by Crippen LogP contribution is -2.14. The van der Waals surface area contributed by atoms with Crippen LogP contribution < -0.4 is 10.5 Å². The van der Waals surface area contributed by atoms with Crippen molar-refractivity contribution < 1.29 is 13.5 Å². The molecule has 0 aliphatic heterocycles. The van der Waals surface area contributed by atoms with Crippen LogP contribution in [0, 0.1) is 11.6 Å². The van der Waals surface area contributed by atoms with Gasteiger partial charge in [0.1, 0.15) is 5.82 Å². The van der Waals surface area contributed by atoms with Crippen molar-refractivity contribution in [1.82, 2.24) is 0 Å². The highest BCUT2D eigenvalue weighted by molar-refractivity contribution is 5.85.